The number of ether oxygens (including phenoxy) is 1. The van der Waals surface area contributed by atoms with Crippen molar-refractivity contribution < 1.29 is 19.2 Å². The Balaban J connectivity index is 2.44. The molecule has 0 saturated heterocycles. The van der Waals surface area contributed by atoms with Crippen molar-refractivity contribution >= 4 is 23.3 Å². The van der Waals surface area contributed by atoms with Crippen LogP contribution in [-0.4, -0.2) is 23.4 Å². The van der Waals surface area contributed by atoms with Gasteiger partial charge in [0, 0.05) is 24.2 Å². The van der Waals surface area contributed by atoms with Crippen LogP contribution < -0.4 is 5.32 Å². The van der Waals surface area contributed by atoms with E-state index in [1.54, 1.807) is 6.92 Å². The number of rotatable bonds is 6. The van der Waals surface area contributed by atoms with Crippen molar-refractivity contribution in [2.75, 3.05) is 11.9 Å². The van der Waals surface area contributed by atoms with Crippen LogP contribution in [0.15, 0.2) is 24.3 Å². The van der Waals surface area contributed by atoms with Crippen molar-refractivity contribution in [2.24, 2.45) is 0 Å². The Bertz CT molecular complexity index is 470. The summed E-state index contributed by atoms with van der Waals surface area (Å²) >= 11 is 0. The van der Waals surface area contributed by atoms with Crippen molar-refractivity contribution in [3.63, 3.8) is 0 Å². The van der Waals surface area contributed by atoms with Gasteiger partial charge in [-0.2, -0.15) is 0 Å². The Morgan fingerprint density at radius 2 is 1.89 bits per heavy atom. The van der Waals surface area contributed by atoms with Crippen molar-refractivity contribution in [2.45, 2.75) is 19.8 Å². The summed E-state index contributed by atoms with van der Waals surface area (Å²) in [5.41, 5.74) is 0.393. The number of hydrogen-bond acceptors (Lipinski definition) is 5. The molecule has 0 radical (unpaired) electrons. The van der Waals surface area contributed by atoms with Crippen molar-refractivity contribution in [1.29, 1.82) is 0 Å². The second-order valence-corrected chi connectivity index (χ2v) is 3.66. The van der Waals surface area contributed by atoms with Crippen molar-refractivity contribution in [3.8, 4) is 0 Å². The van der Waals surface area contributed by atoms with Gasteiger partial charge in [0.05, 0.1) is 18.0 Å². The van der Waals surface area contributed by atoms with Gasteiger partial charge in [0.15, 0.2) is 0 Å². The molecule has 0 aromatic heterocycles. The maximum absolute atomic E-state index is 11.5. The lowest BCUT2D eigenvalue weighted by Gasteiger charge is -2.04. The number of anilines is 1. The second kappa shape index (κ2) is 7.10. The molecule has 102 valence electrons. The van der Waals surface area contributed by atoms with E-state index in [2.05, 4.69) is 5.32 Å². The van der Waals surface area contributed by atoms with Gasteiger partial charge in [-0.05, 0) is 19.1 Å². The van der Waals surface area contributed by atoms with E-state index in [9.17, 15) is 19.7 Å². The maximum Gasteiger partial charge on any atom is 0.306 e. The average molecular weight is 266 g/mol. The summed E-state index contributed by atoms with van der Waals surface area (Å²) in [6.45, 7) is 1.97. The van der Waals surface area contributed by atoms with E-state index in [0.717, 1.165) is 0 Å². The predicted molar refractivity (Wildman–Crippen MR) is 67.6 cm³/mol. The molecule has 1 rings (SSSR count). The summed E-state index contributed by atoms with van der Waals surface area (Å²) in [5, 5.41) is 13.0. The Morgan fingerprint density at radius 3 is 2.42 bits per heavy atom. The molecule has 1 aromatic rings. The predicted octanol–water partition coefficient (Wildman–Crippen LogP) is 1.88. The molecular formula is C12H14N2O5. The Kier molecular flexibility index (Phi) is 5.46. The number of carbonyl (C=O) groups excluding carboxylic acids is 2. The molecule has 0 spiro atoms. The number of amides is 1. The van der Waals surface area contributed by atoms with E-state index < -0.39 is 10.9 Å². The quantitative estimate of drug-likeness (QED) is 0.481. The van der Waals surface area contributed by atoms with Gasteiger partial charge in [0.25, 0.3) is 5.69 Å². The zero-order valence-corrected chi connectivity index (χ0v) is 10.4. The molecule has 0 bridgehead atoms. The Hall–Kier alpha value is -2.44. The molecule has 0 saturated carbocycles. The molecule has 1 amide bonds. The first kappa shape index (κ1) is 14.6. The van der Waals surface area contributed by atoms with E-state index in [4.69, 9.17) is 4.74 Å². The zero-order chi connectivity index (χ0) is 14.3. The van der Waals surface area contributed by atoms with Crippen molar-refractivity contribution in [1.82, 2.24) is 0 Å². The third-order valence-corrected chi connectivity index (χ3v) is 2.22. The summed E-state index contributed by atoms with van der Waals surface area (Å²) in [4.78, 5) is 32.4. The molecule has 0 fully saturated rings. The molecule has 7 nitrogen and oxygen atoms in total. The lowest BCUT2D eigenvalue weighted by Crippen LogP contribution is -2.14. The molecule has 19 heavy (non-hydrogen) atoms. The molecule has 0 aliphatic rings. The van der Waals surface area contributed by atoms with Gasteiger partial charge in [0.1, 0.15) is 0 Å². The van der Waals surface area contributed by atoms with Gasteiger partial charge < -0.3 is 10.1 Å². The van der Waals surface area contributed by atoms with Gasteiger partial charge >= 0.3 is 5.97 Å². The van der Waals surface area contributed by atoms with Crippen LogP contribution >= 0.6 is 0 Å². The highest BCUT2D eigenvalue weighted by Gasteiger charge is 2.09. The number of benzene rings is 1. The third-order valence-electron chi connectivity index (χ3n) is 2.22. The molecule has 0 unspecified atom stereocenters. The van der Waals surface area contributed by atoms with Crippen LogP contribution in [0, 0.1) is 10.1 Å². The minimum atomic E-state index is -0.521. The van der Waals surface area contributed by atoms with E-state index in [-0.39, 0.29) is 31.0 Å². The lowest BCUT2D eigenvalue weighted by molar-refractivity contribution is -0.384. The first-order valence-electron chi connectivity index (χ1n) is 5.73. The van der Waals surface area contributed by atoms with Crippen LogP contribution in [0.4, 0.5) is 11.4 Å². The van der Waals surface area contributed by atoms with Crippen LogP contribution in [0.1, 0.15) is 19.8 Å². The molecule has 1 aromatic carbocycles. The molecule has 0 atom stereocenters. The smallest absolute Gasteiger partial charge is 0.306 e. The van der Waals surface area contributed by atoms with Crippen LogP contribution in [0.2, 0.25) is 0 Å². The number of esters is 1. The summed E-state index contributed by atoms with van der Waals surface area (Å²) in [5.74, 6) is -0.775. The molecule has 0 heterocycles. The molecule has 0 aliphatic carbocycles. The normalized spacial score (nSPS) is 9.74. The van der Waals surface area contributed by atoms with Gasteiger partial charge in [-0.3, -0.25) is 19.7 Å². The maximum atomic E-state index is 11.5. The number of nitro benzene ring substituents is 1. The minimum absolute atomic E-state index is 0.00660. The fourth-order valence-corrected chi connectivity index (χ4v) is 1.34. The fraction of sp³-hybridized carbons (Fsp3) is 0.333. The summed E-state index contributed by atoms with van der Waals surface area (Å²) in [6.07, 6.45) is 0.0163. The number of nitrogens with zero attached hydrogens (tertiary/aromatic N) is 1. The molecular weight excluding hydrogens is 252 g/mol. The number of hydrogen-bond donors (Lipinski definition) is 1. The zero-order valence-electron chi connectivity index (χ0n) is 10.4. The van der Waals surface area contributed by atoms with Crippen LogP contribution in [-0.2, 0) is 14.3 Å². The van der Waals surface area contributed by atoms with Gasteiger partial charge in [-0.15, -0.1) is 0 Å². The third kappa shape index (κ3) is 5.15. The Morgan fingerprint density at radius 1 is 1.26 bits per heavy atom. The van der Waals surface area contributed by atoms with Gasteiger partial charge in [-0.25, -0.2) is 0 Å². The van der Waals surface area contributed by atoms with Crippen LogP contribution in [0.5, 0.6) is 0 Å². The monoisotopic (exact) mass is 266 g/mol. The molecule has 0 aliphatic heterocycles. The highest BCUT2D eigenvalue weighted by Crippen LogP contribution is 2.15. The van der Waals surface area contributed by atoms with E-state index in [1.807, 2.05) is 0 Å². The highest BCUT2D eigenvalue weighted by atomic mass is 16.6. The van der Waals surface area contributed by atoms with E-state index >= 15 is 0 Å². The number of nitrogens with one attached hydrogen (secondary N) is 1. The minimum Gasteiger partial charge on any atom is -0.466 e. The van der Waals surface area contributed by atoms with E-state index in [0.29, 0.717) is 5.69 Å². The first-order valence-corrected chi connectivity index (χ1v) is 5.73. The fourth-order valence-electron chi connectivity index (χ4n) is 1.34. The van der Waals surface area contributed by atoms with Crippen LogP contribution in [0.25, 0.3) is 0 Å². The summed E-state index contributed by atoms with van der Waals surface area (Å²) in [7, 11) is 0. The molecule has 7 heteroatoms. The number of carbonyl (C=O) groups is 2. The standard InChI is InChI=1S/C12H14N2O5/c1-2-19-12(16)8-7-11(15)13-9-3-5-10(6-4-9)14(17)18/h3-6H,2,7-8H2,1H3,(H,13,15). The number of nitro groups is 1. The largest absolute Gasteiger partial charge is 0.466 e. The lowest BCUT2D eigenvalue weighted by atomic mass is 10.2. The Labute approximate surface area is 109 Å². The van der Waals surface area contributed by atoms with Gasteiger partial charge in [0.2, 0.25) is 5.91 Å². The highest BCUT2D eigenvalue weighted by molar-refractivity contribution is 5.92. The van der Waals surface area contributed by atoms with Crippen molar-refractivity contribution in [3.05, 3.63) is 34.4 Å². The van der Waals surface area contributed by atoms with Crippen LogP contribution in [0.3, 0.4) is 0 Å². The first-order chi connectivity index (χ1) is 9.02. The van der Waals surface area contributed by atoms with E-state index in [1.165, 1.54) is 24.3 Å². The summed E-state index contributed by atoms with van der Waals surface area (Å²) < 4.78 is 4.69. The topological polar surface area (TPSA) is 98.5 Å². The van der Waals surface area contributed by atoms with Gasteiger partial charge in [-0.1, -0.05) is 0 Å². The second-order valence-electron chi connectivity index (χ2n) is 3.66. The summed E-state index contributed by atoms with van der Waals surface area (Å²) in [6, 6.07) is 5.45. The number of non-ortho nitro benzene ring substituents is 1. The SMILES string of the molecule is CCOC(=O)CCC(=O)Nc1ccc([N+](=O)[O-])cc1. The molecule has 1 N–H and O–H groups in total. The average Bonchev–Trinajstić information content (AvgIpc) is 2.37.